The summed E-state index contributed by atoms with van der Waals surface area (Å²) < 4.78 is 31.0. The van der Waals surface area contributed by atoms with E-state index >= 15 is 0 Å². The molecule has 0 saturated carbocycles. The van der Waals surface area contributed by atoms with Crippen molar-refractivity contribution in [1.82, 2.24) is 5.32 Å². The SMILES string of the molecule is CC(=O)N[C@@H]1[C@@H](O)[C@H](O)[C@@H](COS(C)(=O)=O)O[C@@H]1O. The van der Waals surface area contributed by atoms with E-state index in [1.165, 1.54) is 6.92 Å². The first-order valence-electron chi connectivity index (χ1n) is 5.43. The number of aliphatic hydroxyl groups is 3. The minimum atomic E-state index is -3.74. The number of carbonyl (C=O) groups is 1. The van der Waals surface area contributed by atoms with Crippen LogP contribution in [0.3, 0.4) is 0 Å². The Morgan fingerprint density at radius 1 is 1.32 bits per heavy atom. The minimum absolute atomic E-state index is 0.523. The van der Waals surface area contributed by atoms with E-state index in [2.05, 4.69) is 9.50 Å². The van der Waals surface area contributed by atoms with Gasteiger partial charge in [0.25, 0.3) is 10.1 Å². The predicted molar refractivity (Wildman–Crippen MR) is 61.3 cm³/mol. The van der Waals surface area contributed by atoms with Gasteiger partial charge in [0.2, 0.25) is 5.91 Å². The van der Waals surface area contributed by atoms with Gasteiger partial charge in [-0.2, -0.15) is 8.42 Å². The number of ether oxygens (including phenoxy) is 1. The second-order valence-corrected chi connectivity index (χ2v) is 5.91. The van der Waals surface area contributed by atoms with E-state index in [1.807, 2.05) is 0 Å². The lowest BCUT2D eigenvalue weighted by Gasteiger charge is -2.40. The molecule has 19 heavy (non-hydrogen) atoms. The third-order valence-electron chi connectivity index (χ3n) is 2.54. The molecule has 1 rings (SSSR count). The summed E-state index contributed by atoms with van der Waals surface area (Å²) in [5, 5.41) is 31.3. The maximum Gasteiger partial charge on any atom is 0.264 e. The van der Waals surface area contributed by atoms with Gasteiger partial charge in [0, 0.05) is 6.92 Å². The second-order valence-electron chi connectivity index (χ2n) is 4.26. The molecule has 9 nitrogen and oxygen atoms in total. The third kappa shape index (κ3) is 4.67. The lowest BCUT2D eigenvalue weighted by atomic mass is 9.97. The molecule has 0 bridgehead atoms. The highest BCUT2D eigenvalue weighted by Crippen LogP contribution is 2.20. The van der Waals surface area contributed by atoms with Gasteiger partial charge in [-0.15, -0.1) is 0 Å². The van der Waals surface area contributed by atoms with Gasteiger partial charge in [0.15, 0.2) is 6.29 Å². The van der Waals surface area contributed by atoms with Crippen molar-refractivity contribution >= 4 is 16.0 Å². The average molecular weight is 299 g/mol. The number of hydrogen-bond acceptors (Lipinski definition) is 8. The highest BCUT2D eigenvalue weighted by atomic mass is 32.2. The average Bonchev–Trinajstić information content (AvgIpc) is 2.26. The molecule has 0 unspecified atom stereocenters. The van der Waals surface area contributed by atoms with Crippen molar-refractivity contribution in [2.75, 3.05) is 12.9 Å². The highest BCUT2D eigenvalue weighted by Gasteiger charge is 2.44. The van der Waals surface area contributed by atoms with Crippen LogP contribution in [0.1, 0.15) is 6.92 Å². The van der Waals surface area contributed by atoms with Gasteiger partial charge < -0.3 is 25.4 Å². The largest absolute Gasteiger partial charge is 0.388 e. The molecular formula is C9H17NO8S. The van der Waals surface area contributed by atoms with E-state index < -0.39 is 53.3 Å². The summed E-state index contributed by atoms with van der Waals surface area (Å²) in [6, 6.07) is -1.21. The third-order valence-corrected chi connectivity index (χ3v) is 3.10. The molecule has 5 atom stereocenters. The first kappa shape index (κ1) is 16.3. The van der Waals surface area contributed by atoms with Crippen molar-refractivity contribution in [3.05, 3.63) is 0 Å². The molecule has 4 N–H and O–H groups in total. The quantitative estimate of drug-likeness (QED) is 0.400. The standard InChI is InChI=1S/C9H17NO8S/c1-4(11)10-6-8(13)7(12)5(18-9(6)14)3-17-19(2,15)16/h5-9,12-14H,3H2,1-2H3,(H,10,11)/t5-,6-,7-,8-,9+/m1/s1. The van der Waals surface area contributed by atoms with E-state index in [9.17, 15) is 28.5 Å². The fourth-order valence-corrected chi connectivity index (χ4v) is 2.05. The zero-order chi connectivity index (χ0) is 14.8. The van der Waals surface area contributed by atoms with Gasteiger partial charge in [-0.05, 0) is 0 Å². The van der Waals surface area contributed by atoms with Crippen LogP contribution in [0.15, 0.2) is 0 Å². The molecule has 0 aliphatic carbocycles. The van der Waals surface area contributed by atoms with Crippen LogP contribution in [-0.2, 0) is 23.8 Å². The molecule has 0 aromatic heterocycles. The number of amides is 1. The fourth-order valence-electron chi connectivity index (χ4n) is 1.67. The Morgan fingerprint density at radius 3 is 2.37 bits per heavy atom. The minimum Gasteiger partial charge on any atom is -0.388 e. The summed E-state index contributed by atoms with van der Waals surface area (Å²) in [7, 11) is -3.74. The van der Waals surface area contributed by atoms with E-state index in [0.717, 1.165) is 6.26 Å². The summed E-state index contributed by atoms with van der Waals surface area (Å²) in [5.74, 6) is -0.523. The molecule has 0 spiro atoms. The fraction of sp³-hybridized carbons (Fsp3) is 0.889. The number of hydrogen-bond donors (Lipinski definition) is 4. The summed E-state index contributed by atoms with van der Waals surface area (Å²) >= 11 is 0. The summed E-state index contributed by atoms with van der Waals surface area (Å²) in [4.78, 5) is 10.9. The van der Waals surface area contributed by atoms with Gasteiger partial charge in [-0.3, -0.25) is 8.98 Å². The van der Waals surface area contributed by atoms with Gasteiger partial charge in [0.05, 0.1) is 12.9 Å². The summed E-state index contributed by atoms with van der Waals surface area (Å²) in [6.07, 6.45) is -5.03. The van der Waals surface area contributed by atoms with Crippen molar-refractivity contribution in [2.24, 2.45) is 0 Å². The molecule has 10 heteroatoms. The van der Waals surface area contributed by atoms with Gasteiger partial charge in [0.1, 0.15) is 24.4 Å². The predicted octanol–water partition coefficient (Wildman–Crippen LogP) is -3.09. The topological polar surface area (TPSA) is 142 Å². The van der Waals surface area contributed by atoms with Gasteiger partial charge in [-0.1, -0.05) is 0 Å². The van der Waals surface area contributed by atoms with Crippen LogP contribution in [0, 0.1) is 0 Å². The number of aliphatic hydroxyl groups excluding tert-OH is 3. The Morgan fingerprint density at radius 2 is 1.89 bits per heavy atom. The van der Waals surface area contributed by atoms with E-state index in [1.54, 1.807) is 0 Å². The number of rotatable bonds is 4. The molecule has 1 amide bonds. The van der Waals surface area contributed by atoms with Crippen molar-refractivity contribution in [2.45, 2.75) is 37.6 Å². The van der Waals surface area contributed by atoms with Crippen molar-refractivity contribution < 1.29 is 37.5 Å². The van der Waals surface area contributed by atoms with Crippen LogP contribution >= 0.6 is 0 Å². The number of carbonyl (C=O) groups excluding carboxylic acids is 1. The van der Waals surface area contributed by atoms with Gasteiger partial charge >= 0.3 is 0 Å². The molecule has 1 aliphatic rings. The summed E-state index contributed by atoms with van der Waals surface area (Å²) in [5.41, 5.74) is 0. The van der Waals surface area contributed by atoms with Crippen LogP contribution in [0.5, 0.6) is 0 Å². The lowest BCUT2D eigenvalue weighted by molar-refractivity contribution is -0.252. The van der Waals surface area contributed by atoms with Crippen molar-refractivity contribution in [3.63, 3.8) is 0 Å². The zero-order valence-electron chi connectivity index (χ0n) is 10.4. The smallest absolute Gasteiger partial charge is 0.264 e. The van der Waals surface area contributed by atoms with Gasteiger partial charge in [-0.25, -0.2) is 0 Å². The molecular weight excluding hydrogens is 282 g/mol. The number of nitrogens with one attached hydrogen (secondary N) is 1. The van der Waals surface area contributed by atoms with Crippen LogP contribution in [0.25, 0.3) is 0 Å². The van der Waals surface area contributed by atoms with Crippen LogP contribution < -0.4 is 5.32 Å². The Bertz CT molecular complexity index is 424. The normalized spacial score (nSPS) is 35.9. The van der Waals surface area contributed by atoms with Crippen LogP contribution in [0.4, 0.5) is 0 Å². The first-order valence-corrected chi connectivity index (χ1v) is 7.24. The molecule has 1 saturated heterocycles. The van der Waals surface area contributed by atoms with E-state index in [-0.39, 0.29) is 0 Å². The Balaban J connectivity index is 2.69. The van der Waals surface area contributed by atoms with Crippen molar-refractivity contribution in [3.8, 4) is 0 Å². The first-order chi connectivity index (χ1) is 8.61. The molecule has 1 fully saturated rings. The van der Waals surface area contributed by atoms with E-state index in [0.29, 0.717) is 0 Å². The Labute approximate surface area is 110 Å². The Hall–Kier alpha value is -0.780. The molecule has 0 aromatic rings. The van der Waals surface area contributed by atoms with Crippen LogP contribution in [-0.4, -0.2) is 73.2 Å². The second kappa shape index (κ2) is 6.11. The maximum atomic E-state index is 10.9. The maximum absolute atomic E-state index is 10.9. The molecule has 1 aliphatic heterocycles. The summed E-state index contributed by atoms with van der Waals surface area (Å²) in [6.45, 7) is 0.617. The molecule has 0 radical (unpaired) electrons. The van der Waals surface area contributed by atoms with E-state index in [4.69, 9.17) is 4.74 Å². The molecule has 0 aromatic carbocycles. The molecule has 112 valence electrons. The monoisotopic (exact) mass is 299 g/mol. The van der Waals surface area contributed by atoms with Crippen molar-refractivity contribution in [1.29, 1.82) is 0 Å². The van der Waals surface area contributed by atoms with Crippen LogP contribution in [0.2, 0.25) is 0 Å². The lowest BCUT2D eigenvalue weighted by Crippen LogP contribution is -2.64. The Kier molecular flexibility index (Phi) is 5.24. The zero-order valence-corrected chi connectivity index (χ0v) is 11.2. The highest BCUT2D eigenvalue weighted by molar-refractivity contribution is 7.85. The molecule has 1 heterocycles.